The Balaban J connectivity index is 1.51. The van der Waals surface area contributed by atoms with Gasteiger partial charge < -0.3 is 20.1 Å². The number of esters is 1. The number of nitrogens with zero attached hydrogens (tertiary/aromatic N) is 2. The van der Waals surface area contributed by atoms with Crippen molar-refractivity contribution < 1.29 is 23.5 Å². The predicted molar refractivity (Wildman–Crippen MR) is 146 cm³/mol. The monoisotopic (exact) mass is 520 g/mol. The fourth-order valence-corrected chi connectivity index (χ4v) is 3.40. The highest BCUT2D eigenvalue weighted by Gasteiger charge is 2.15. The fraction of sp³-hybridized carbons (Fsp3) is 0.310. The Morgan fingerprint density at radius 3 is 2.53 bits per heavy atom. The molecule has 0 radical (unpaired) electrons. The van der Waals surface area contributed by atoms with Gasteiger partial charge in [-0.15, -0.1) is 0 Å². The summed E-state index contributed by atoms with van der Waals surface area (Å²) in [6.07, 6.45) is 4.34. The Kier molecular flexibility index (Phi) is 9.92. The first-order chi connectivity index (χ1) is 18.1. The Hall–Kier alpha value is -4.27. The molecule has 9 heteroatoms. The number of nitrogens with one attached hydrogen (secondary N) is 2. The van der Waals surface area contributed by atoms with Crippen LogP contribution in [0.1, 0.15) is 45.6 Å². The number of anilines is 4. The van der Waals surface area contributed by atoms with Crippen molar-refractivity contribution in [2.75, 3.05) is 17.2 Å². The normalized spacial score (nSPS) is 10.9. The van der Waals surface area contributed by atoms with Gasteiger partial charge in [0.25, 0.3) is 0 Å². The number of rotatable bonds is 13. The Bertz CT molecular complexity index is 1260. The number of aromatic nitrogens is 2. The van der Waals surface area contributed by atoms with Crippen LogP contribution in [0.15, 0.2) is 67.4 Å². The van der Waals surface area contributed by atoms with Gasteiger partial charge >= 0.3 is 5.97 Å². The number of allylic oxidation sites excluding steroid dienone is 1. The van der Waals surface area contributed by atoms with Gasteiger partial charge in [-0.2, -0.15) is 4.98 Å². The summed E-state index contributed by atoms with van der Waals surface area (Å²) in [6, 6.07) is 14.3. The topological polar surface area (TPSA) is 102 Å². The number of carbonyl (C=O) groups is 2. The van der Waals surface area contributed by atoms with Crippen LogP contribution in [0.4, 0.5) is 27.5 Å². The van der Waals surface area contributed by atoms with E-state index in [0.29, 0.717) is 36.6 Å². The number of halogens is 1. The second-order valence-electron chi connectivity index (χ2n) is 9.60. The van der Waals surface area contributed by atoms with E-state index in [1.165, 1.54) is 6.08 Å². The summed E-state index contributed by atoms with van der Waals surface area (Å²) >= 11 is 0. The molecule has 0 bridgehead atoms. The molecule has 2 aromatic carbocycles. The van der Waals surface area contributed by atoms with Crippen molar-refractivity contribution in [2.45, 2.75) is 52.1 Å². The zero-order valence-electron chi connectivity index (χ0n) is 21.9. The lowest BCUT2D eigenvalue weighted by Crippen LogP contribution is -2.23. The van der Waals surface area contributed by atoms with Crippen LogP contribution >= 0.6 is 0 Å². The van der Waals surface area contributed by atoms with E-state index in [-0.39, 0.29) is 29.9 Å². The number of carbonyl (C=O) groups excluding carboxylic acids is 2. The molecule has 0 spiro atoms. The lowest BCUT2D eigenvalue weighted by molar-refractivity contribution is -0.154. The van der Waals surface area contributed by atoms with Gasteiger partial charge in [0.15, 0.2) is 17.4 Å². The molecule has 2 N–H and O–H groups in total. The average molecular weight is 521 g/mol. The molecule has 0 unspecified atom stereocenters. The van der Waals surface area contributed by atoms with Crippen LogP contribution in [-0.4, -0.2) is 33.9 Å². The van der Waals surface area contributed by atoms with Gasteiger partial charge in [0.05, 0.1) is 12.8 Å². The minimum absolute atomic E-state index is 0.000956. The molecule has 3 rings (SSSR count). The lowest BCUT2D eigenvalue weighted by atomic mass is 10.1. The van der Waals surface area contributed by atoms with Crippen molar-refractivity contribution in [3.8, 4) is 5.75 Å². The van der Waals surface area contributed by atoms with Crippen molar-refractivity contribution in [1.29, 1.82) is 0 Å². The van der Waals surface area contributed by atoms with Gasteiger partial charge in [0.1, 0.15) is 11.4 Å². The van der Waals surface area contributed by atoms with E-state index in [4.69, 9.17) is 9.47 Å². The van der Waals surface area contributed by atoms with E-state index in [0.717, 1.165) is 18.2 Å². The van der Waals surface area contributed by atoms with Gasteiger partial charge in [0.2, 0.25) is 5.95 Å². The molecule has 3 aromatic rings. The van der Waals surface area contributed by atoms with Crippen LogP contribution in [0, 0.1) is 5.82 Å². The van der Waals surface area contributed by atoms with Crippen LogP contribution < -0.4 is 15.4 Å². The Labute approximate surface area is 222 Å². The third-order valence-corrected chi connectivity index (χ3v) is 5.11. The quantitative estimate of drug-likeness (QED) is 0.154. The number of hydrogen-bond donors (Lipinski definition) is 2. The summed E-state index contributed by atoms with van der Waals surface area (Å²) in [7, 11) is 0. The predicted octanol–water partition coefficient (Wildman–Crippen LogP) is 6.29. The highest BCUT2D eigenvalue weighted by molar-refractivity contribution is 5.91. The second-order valence-corrected chi connectivity index (χ2v) is 9.60. The molecule has 0 amide bonds. The number of benzene rings is 2. The van der Waals surface area contributed by atoms with Gasteiger partial charge in [-0.05, 0) is 81.7 Å². The molecule has 38 heavy (non-hydrogen) atoms. The molecule has 0 aliphatic carbocycles. The van der Waals surface area contributed by atoms with Crippen LogP contribution in [0.3, 0.4) is 0 Å². The van der Waals surface area contributed by atoms with E-state index < -0.39 is 11.4 Å². The first-order valence-corrected chi connectivity index (χ1v) is 12.4. The highest BCUT2D eigenvalue weighted by atomic mass is 19.1. The molecular weight excluding hydrogens is 487 g/mol. The SMILES string of the molecule is C=CC(=O)Cc1cccc(Nc2nc(Nc3ccc(OCCCCC(=O)OC(C)(C)C)cc3)ncc2F)c1. The van der Waals surface area contributed by atoms with Gasteiger partial charge in [0, 0.05) is 24.2 Å². The van der Waals surface area contributed by atoms with Gasteiger partial charge in [-0.3, -0.25) is 9.59 Å². The standard InChI is InChI=1S/C29H33FN4O4/c1-5-23(35)18-20-9-8-10-22(17-20)32-27-25(30)19-31-28(34-27)33-21-12-14-24(15-13-21)37-16-7-6-11-26(36)38-29(2,3)4/h5,8-10,12-15,17,19H,1,6-7,11,16,18H2,2-4H3,(H2,31,32,33,34). The molecule has 0 fully saturated rings. The molecule has 8 nitrogen and oxygen atoms in total. The highest BCUT2D eigenvalue weighted by Crippen LogP contribution is 2.23. The zero-order valence-corrected chi connectivity index (χ0v) is 21.9. The largest absolute Gasteiger partial charge is 0.494 e. The van der Waals surface area contributed by atoms with Crippen LogP contribution in [-0.2, 0) is 20.7 Å². The molecule has 0 atom stereocenters. The maximum Gasteiger partial charge on any atom is 0.306 e. The maximum absolute atomic E-state index is 14.4. The molecular formula is C29H33FN4O4. The van der Waals surface area contributed by atoms with Crippen molar-refractivity contribution in [2.24, 2.45) is 0 Å². The summed E-state index contributed by atoms with van der Waals surface area (Å²) in [5.74, 6) is -0.0217. The number of ketones is 1. The van der Waals surface area contributed by atoms with E-state index in [9.17, 15) is 14.0 Å². The summed E-state index contributed by atoms with van der Waals surface area (Å²) in [5, 5.41) is 5.98. The lowest BCUT2D eigenvalue weighted by Gasteiger charge is -2.19. The average Bonchev–Trinajstić information content (AvgIpc) is 2.86. The number of hydrogen-bond acceptors (Lipinski definition) is 8. The summed E-state index contributed by atoms with van der Waals surface area (Å²) < 4.78 is 25.4. The molecule has 200 valence electrons. The van der Waals surface area contributed by atoms with Gasteiger partial charge in [-0.1, -0.05) is 18.7 Å². The first-order valence-electron chi connectivity index (χ1n) is 12.4. The molecule has 1 heterocycles. The van der Waals surface area contributed by atoms with Crippen LogP contribution in [0.5, 0.6) is 5.75 Å². The number of unbranched alkanes of at least 4 members (excludes halogenated alkanes) is 1. The Morgan fingerprint density at radius 2 is 1.82 bits per heavy atom. The van der Waals surface area contributed by atoms with Crippen LogP contribution in [0.25, 0.3) is 0 Å². The van der Waals surface area contributed by atoms with Crippen molar-refractivity contribution in [3.05, 3.63) is 78.8 Å². The molecule has 1 aromatic heterocycles. The summed E-state index contributed by atoms with van der Waals surface area (Å²) in [4.78, 5) is 31.6. The van der Waals surface area contributed by atoms with Crippen molar-refractivity contribution in [1.82, 2.24) is 9.97 Å². The molecule has 0 saturated carbocycles. The van der Waals surface area contributed by atoms with Crippen molar-refractivity contribution in [3.63, 3.8) is 0 Å². The van der Waals surface area contributed by atoms with E-state index in [1.54, 1.807) is 42.5 Å². The second kappa shape index (κ2) is 13.3. The third kappa shape index (κ3) is 9.65. The summed E-state index contributed by atoms with van der Waals surface area (Å²) in [6.45, 7) is 9.51. The number of ether oxygens (including phenoxy) is 2. The minimum Gasteiger partial charge on any atom is -0.494 e. The fourth-order valence-electron chi connectivity index (χ4n) is 3.40. The zero-order chi connectivity index (χ0) is 27.5. The summed E-state index contributed by atoms with van der Waals surface area (Å²) in [5.41, 5.74) is 1.60. The van der Waals surface area contributed by atoms with E-state index >= 15 is 0 Å². The van der Waals surface area contributed by atoms with E-state index in [2.05, 4.69) is 27.2 Å². The maximum atomic E-state index is 14.4. The molecule has 0 aliphatic heterocycles. The minimum atomic E-state index is -0.612. The van der Waals surface area contributed by atoms with E-state index in [1.807, 2.05) is 26.8 Å². The van der Waals surface area contributed by atoms with Crippen LogP contribution in [0.2, 0.25) is 0 Å². The van der Waals surface area contributed by atoms with Crippen molar-refractivity contribution >= 4 is 34.9 Å². The molecule has 0 aliphatic rings. The molecule has 0 saturated heterocycles. The third-order valence-electron chi connectivity index (χ3n) is 5.11. The first kappa shape index (κ1) is 28.3. The Morgan fingerprint density at radius 1 is 1.05 bits per heavy atom. The smallest absolute Gasteiger partial charge is 0.306 e. The van der Waals surface area contributed by atoms with Gasteiger partial charge in [-0.25, -0.2) is 9.37 Å².